The van der Waals surface area contributed by atoms with E-state index in [1.807, 2.05) is 13.8 Å². The predicted molar refractivity (Wildman–Crippen MR) is 98.1 cm³/mol. The van der Waals surface area contributed by atoms with Gasteiger partial charge < -0.3 is 16.0 Å². The smallest absolute Gasteiger partial charge is 0.319 e. The van der Waals surface area contributed by atoms with E-state index in [2.05, 4.69) is 21.0 Å². The second kappa shape index (κ2) is 9.08. The summed E-state index contributed by atoms with van der Waals surface area (Å²) < 4.78 is 1.65. The number of amides is 3. The van der Waals surface area contributed by atoms with Gasteiger partial charge in [0.25, 0.3) is 5.91 Å². The summed E-state index contributed by atoms with van der Waals surface area (Å²) in [4.78, 5) is 23.9. The fraction of sp³-hybridized carbons (Fsp3) is 0.353. The molecule has 0 fully saturated rings. The first-order chi connectivity index (χ1) is 12.0. The summed E-state index contributed by atoms with van der Waals surface area (Å²) in [5.41, 5.74) is 2.05. The zero-order chi connectivity index (χ0) is 18.2. The third-order valence-corrected chi connectivity index (χ3v) is 3.70. The number of anilines is 1. The van der Waals surface area contributed by atoms with Crippen LogP contribution in [0.3, 0.4) is 0 Å². The van der Waals surface area contributed by atoms with Gasteiger partial charge in [0, 0.05) is 30.5 Å². The molecule has 134 valence electrons. The number of aromatic nitrogens is 2. The molecule has 1 heterocycles. The fourth-order valence-electron chi connectivity index (χ4n) is 2.20. The zero-order valence-corrected chi connectivity index (χ0v) is 15.1. The van der Waals surface area contributed by atoms with Gasteiger partial charge in [-0.1, -0.05) is 18.5 Å². The molecule has 2 rings (SSSR count). The maximum atomic E-state index is 12.0. The Bertz CT molecular complexity index is 744. The van der Waals surface area contributed by atoms with Gasteiger partial charge in [0.05, 0.1) is 17.8 Å². The maximum absolute atomic E-state index is 12.0. The van der Waals surface area contributed by atoms with Crippen molar-refractivity contribution in [2.75, 3.05) is 18.4 Å². The molecule has 0 spiro atoms. The van der Waals surface area contributed by atoms with Crippen LogP contribution >= 0.6 is 11.6 Å². The fourth-order valence-corrected chi connectivity index (χ4v) is 2.35. The molecule has 3 amide bonds. The third-order valence-electron chi connectivity index (χ3n) is 3.50. The van der Waals surface area contributed by atoms with Gasteiger partial charge in [-0.3, -0.25) is 9.48 Å². The number of nitrogens with zero attached hydrogens (tertiary/aromatic N) is 2. The van der Waals surface area contributed by atoms with Gasteiger partial charge in [0.2, 0.25) is 0 Å². The van der Waals surface area contributed by atoms with Crippen LogP contribution in [0.2, 0.25) is 5.02 Å². The quantitative estimate of drug-likeness (QED) is 0.706. The highest BCUT2D eigenvalue weighted by Gasteiger charge is 2.09. The lowest BCUT2D eigenvalue weighted by molar-refractivity contribution is 0.0953. The molecule has 0 aliphatic carbocycles. The number of halogens is 1. The minimum Gasteiger partial charge on any atom is -0.352 e. The van der Waals surface area contributed by atoms with E-state index in [1.165, 1.54) is 0 Å². The number of hydrogen-bond donors (Lipinski definition) is 3. The van der Waals surface area contributed by atoms with Crippen molar-refractivity contribution in [2.45, 2.75) is 26.8 Å². The molecule has 0 unspecified atom stereocenters. The minimum atomic E-state index is -0.315. The van der Waals surface area contributed by atoms with Crippen LogP contribution in [0.25, 0.3) is 0 Å². The number of benzene rings is 1. The Morgan fingerprint density at radius 1 is 1.24 bits per heavy atom. The molecule has 0 aliphatic rings. The average molecular weight is 364 g/mol. The molecule has 7 nitrogen and oxygen atoms in total. The molecule has 0 atom stereocenters. The standard InChI is InChI=1S/C17H22ClN5O2/c1-3-6-19-16(24)13-4-5-15(12(2)9-13)22-17(25)20-7-8-23-11-14(18)10-21-23/h4-5,9-11H,3,6-8H2,1-2H3,(H,19,24)(H2,20,22,25). The van der Waals surface area contributed by atoms with Crippen molar-refractivity contribution in [3.63, 3.8) is 0 Å². The van der Waals surface area contributed by atoms with Gasteiger partial charge in [-0.05, 0) is 37.1 Å². The topological polar surface area (TPSA) is 88.0 Å². The Hall–Kier alpha value is -2.54. The van der Waals surface area contributed by atoms with Crippen molar-refractivity contribution in [1.29, 1.82) is 0 Å². The largest absolute Gasteiger partial charge is 0.352 e. The van der Waals surface area contributed by atoms with Gasteiger partial charge in [0.15, 0.2) is 0 Å². The van der Waals surface area contributed by atoms with Gasteiger partial charge in [-0.15, -0.1) is 0 Å². The van der Waals surface area contributed by atoms with Crippen LogP contribution in [0.1, 0.15) is 29.3 Å². The van der Waals surface area contributed by atoms with E-state index in [1.54, 1.807) is 35.3 Å². The number of nitrogens with one attached hydrogen (secondary N) is 3. The van der Waals surface area contributed by atoms with Gasteiger partial charge in [-0.2, -0.15) is 5.10 Å². The number of rotatable bonds is 7. The molecule has 0 bridgehead atoms. The van der Waals surface area contributed by atoms with Crippen LogP contribution in [0.5, 0.6) is 0 Å². The maximum Gasteiger partial charge on any atom is 0.319 e. The van der Waals surface area contributed by atoms with Crippen LogP contribution < -0.4 is 16.0 Å². The third kappa shape index (κ3) is 5.79. The lowest BCUT2D eigenvalue weighted by Crippen LogP contribution is -2.31. The van der Waals surface area contributed by atoms with Crippen molar-refractivity contribution >= 4 is 29.2 Å². The summed E-state index contributed by atoms with van der Waals surface area (Å²) in [5, 5.41) is 12.9. The lowest BCUT2D eigenvalue weighted by atomic mass is 10.1. The average Bonchev–Trinajstić information content (AvgIpc) is 2.99. The highest BCUT2D eigenvalue weighted by Crippen LogP contribution is 2.16. The van der Waals surface area contributed by atoms with Crippen molar-refractivity contribution in [3.8, 4) is 0 Å². The van der Waals surface area contributed by atoms with E-state index in [0.717, 1.165) is 12.0 Å². The second-order valence-electron chi connectivity index (χ2n) is 5.59. The molecule has 3 N–H and O–H groups in total. The molecule has 2 aromatic rings. The number of hydrogen-bond acceptors (Lipinski definition) is 3. The van der Waals surface area contributed by atoms with E-state index in [9.17, 15) is 9.59 Å². The molecule has 25 heavy (non-hydrogen) atoms. The molecular formula is C17H22ClN5O2. The number of aryl methyl sites for hydroxylation is 1. The van der Waals surface area contributed by atoms with Crippen LogP contribution in [-0.2, 0) is 6.54 Å². The summed E-state index contributed by atoms with van der Waals surface area (Å²) in [6, 6.07) is 4.86. The number of carbonyl (C=O) groups excluding carboxylic acids is 2. The Balaban J connectivity index is 1.84. The van der Waals surface area contributed by atoms with Crippen molar-refractivity contribution in [1.82, 2.24) is 20.4 Å². The first kappa shape index (κ1) is 18.8. The lowest BCUT2D eigenvalue weighted by Gasteiger charge is -2.11. The van der Waals surface area contributed by atoms with Crippen molar-refractivity contribution in [3.05, 3.63) is 46.7 Å². The summed E-state index contributed by atoms with van der Waals surface area (Å²) in [7, 11) is 0. The zero-order valence-electron chi connectivity index (χ0n) is 14.3. The monoisotopic (exact) mass is 363 g/mol. The van der Waals surface area contributed by atoms with Crippen LogP contribution in [0, 0.1) is 6.92 Å². The Morgan fingerprint density at radius 3 is 2.68 bits per heavy atom. The van der Waals surface area contributed by atoms with E-state index in [0.29, 0.717) is 35.9 Å². The van der Waals surface area contributed by atoms with Crippen LogP contribution in [0.15, 0.2) is 30.6 Å². The van der Waals surface area contributed by atoms with Gasteiger partial charge in [-0.25, -0.2) is 4.79 Å². The Labute approximate surface area is 151 Å². The van der Waals surface area contributed by atoms with E-state index < -0.39 is 0 Å². The van der Waals surface area contributed by atoms with Crippen molar-refractivity contribution < 1.29 is 9.59 Å². The van der Waals surface area contributed by atoms with Crippen LogP contribution in [0.4, 0.5) is 10.5 Å². The number of urea groups is 1. The normalized spacial score (nSPS) is 10.4. The number of carbonyl (C=O) groups is 2. The molecule has 1 aromatic heterocycles. The van der Waals surface area contributed by atoms with Crippen LogP contribution in [-0.4, -0.2) is 34.8 Å². The first-order valence-electron chi connectivity index (χ1n) is 8.11. The molecule has 0 aliphatic heterocycles. The van der Waals surface area contributed by atoms with Crippen molar-refractivity contribution in [2.24, 2.45) is 0 Å². The molecule has 0 radical (unpaired) electrons. The Morgan fingerprint density at radius 2 is 2.04 bits per heavy atom. The Kier molecular flexibility index (Phi) is 6.82. The predicted octanol–water partition coefficient (Wildman–Crippen LogP) is 2.81. The highest BCUT2D eigenvalue weighted by atomic mass is 35.5. The molecule has 0 saturated heterocycles. The summed E-state index contributed by atoms with van der Waals surface area (Å²) >= 11 is 5.78. The molecule has 1 aromatic carbocycles. The summed E-state index contributed by atoms with van der Waals surface area (Å²) in [6.45, 7) is 5.42. The second-order valence-corrected chi connectivity index (χ2v) is 6.02. The van der Waals surface area contributed by atoms with Gasteiger partial charge in [0.1, 0.15) is 0 Å². The molecule has 8 heteroatoms. The molecule has 0 saturated carbocycles. The summed E-state index contributed by atoms with van der Waals surface area (Å²) in [6.07, 6.45) is 4.12. The SMILES string of the molecule is CCCNC(=O)c1ccc(NC(=O)NCCn2cc(Cl)cn2)c(C)c1. The van der Waals surface area contributed by atoms with E-state index >= 15 is 0 Å². The minimum absolute atomic E-state index is 0.112. The summed E-state index contributed by atoms with van der Waals surface area (Å²) in [5.74, 6) is -0.112. The van der Waals surface area contributed by atoms with Gasteiger partial charge >= 0.3 is 6.03 Å². The van der Waals surface area contributed by atoms with E-state index in [4.69, 9.17) is 11.6 Å². The molecular weight excluding hydrogens is 342 g/mol. The highest BCUT2D eigenvalue weighted by molar-refractivity contribution is 6.30. The van der Waals surface area contributed by atoms with E-state index in [-0.39, 0.29) is 11.9 Å². The first-order valence-corrected chi connectivity index (χ1v) is 8.49.